The van der Waals surface area contributed by atoms with Crippen molar-refractivity contribution in [1.82, 2.24) is 24.9 Å². The van der Waals surface area contributed by atoms with Gasteiger partial charge in [0.2, 0.25) is 5.75 Å². The Kier molecular flexibility index (Phi) is 6.38. The fourth-order valence-corrected chi connectivity index (χ4v) is 4.39. The first-order valence-corrected chi connectivity index (χ1v) is 12.2. The third-order valence-corrected chi connectivity index (χ3v) is 6.90. The van der Waals surface area contributed by atoms with Crippen LogP contribution in [0.25, 0.3) is 11.4 Å². The minimum atomic E-state index is -0.357. The monoisotopic (exact) mass is 469 g/mol. The molecule has 0 atom stereocenters. The highest BCUT2D eigenvalue weighted by molar-refractivity contribution is 5.72. The lowest BCUT2D eigenvalue weighted by molar-refractivity contribution is -0.220. The van der Waals surface area contributed by atoms with Gasteiger partial charge in [0.15, 0.2) is 0 Å². The van der Waals surface area contributed by atoms with E-state index >= 15 is 0 Å². The number of hydrogen-bond donors (Lipinski definition) is 0. The Morgan fingerprint density at radius 1 is 1.09 bits per heavy atom. The van der Waals surface area contributed by atoms with Gasteiger partial charge in [-0.1, -0.05) is 24.5 Å². The van der Waals surface area contributed by atoms with Gasteiger partial charge in [-0.2, -0.15) is 0 Å². The molecule has 10 heteroatoms. The van der Waals surface area contributed by atoms with Crippen molar-refractivity contribution in [3.8, 4) is 17.1 Å². The summed E-state index contributed by atoms with van der Waals surface area (Å²) in [5.74, 6) is 0.320. The van der Waals surface area contributed by atoms with Crippen molar-refractivity contribution in [3.05, 3.63) is 23.5 Å². The first kappa shape index (κ1) is 22.6. The van der Waals surface area contributed by atoms with E-state index in [2.05, 4.69) is 10.3 Å². The highest BCUT2D eigenvalue weighted by Gasteiger charge is 2.32. The molecule has 10 nitrogen and oxygen atoms in total. The molecule has 0 radical (unpaired) electrons. The number of amides is 1. The van der Waals surface area contributed by atoms with Gasteiger partial charge in [0.1, 0.15) is 18.0 Å². The van der Waals surface area contributed by atoms with Crippen molar-refractivity contribution in [1.29, 1.82) is 0 Å². The average Bonchev–Trinajstić information content (AvgIpc) is 3.79. The molecule has 1 amide bonds. The van der Waals surface area contributed by atoms with Crippen LogP contribution in [0.3, 0.4) is 0 Å². The maximum atomic E-state index is 12.4. The summed E-state index contributed by atoms with van der Waals surface area (Å²) in [6.45, 7) is 0.0480. The summed E-state index contributed by atoms with van der Waals surface area (Å²) in [6.07, 6.45) is 8.66. The van der Waals surface area contributed by atoms with Crippen molar-refractivity contribution < 1.29 is 24.1 Å². The Balaban J connectivity index is 1.29. The van der Waals surface area contributed by atoms with Gasteiger partial charge in [0.25, 0.3) is 0 Å². The lowest BCUT2D eigenvalue weighted by atomic mass is 9.89. The molecule has 0 spiro atoms. The quantitative estimate of drug-likeness (QED) is 0.423. The zero-order valence-corrected chi connectivity index (χ0v) is 19.7. The molecule has 2 aromatic heterocycles. The highest BCUT2D eigenvalue weighted by atomic mass is 17.2. The molecule has 2 heterocycles. The van der Waals surface area contributed by atoms with Crippen LogP contribution in [0.1, 0.15) is 75.1 Å². The van der Waals surface area contributed by atoms with Crippen LogP contribution in [0.5, 0.6) is 5.75 Å². The van der Waals surface area contributed by atoms with E-state index in [1.165, 1.54) is 6.42 Å². The van der Waals surface area contributed by atoms with Gasteiger partial charge in [-0.05, 0) is 50.7 Å². The van der Waals surface area contributed by atoms with Crippen molar-refractivity contribution >= 4 is 12.1 Å². The summed E-state index contributed by atoms with van der Waals surface area (Å²) in [6, 6.07) is 3.80. The summed E-state index contributed by atoms with van der Waals surface area (Å²) in [5, 5.41) is 8.37. The number of carbonyl (C=O) groups is 2. The summed E-state index contributed by atoms with van der Waals surface area (Å²) >= 11 is 0. The molecule has 3 aliphatic rings. The topological polar surface area (TPSA) is 109 Å². The third kappa shape index (κ3) is 5.00. The van der Waals surface area contributed by atoms with Gasteiger partial charge >= 0.3 is 12.1 Å². The maximum absolute atomic E-state index is 12.4. The second-order valence-corrected chi connectivity index (χ2v) is 9.58. The molecule has 3 saturated carbocycles. The van der Waals surface area contributed by atoms with Crippen LogP contribution in [-0.4, -0.2) is 50.0 Å². The molecule has 0 aromatic carbocycles. The molecule has 182 valence electrons. The number of nitrogens with zero attached hydrogens (tertiary/aromatic N) is 5. The number of ether oxygens (including phenoxy) is 1. The normalized spacial score (nSPS) is 18.4. The second kappa shape index (κ2) is 9.60. The van der Waals surface area contributed by atoms with E-state index in [1.54, 1.807) is 35.8 Å². The van der Waals surface area contributed by atoms with Gasteiger partial charge in [0, 0.05) is 26.1 Å². The van der Waals surface area contributed by atoms with Crippen molar-refractivity contribution in [2.45, 2.75) is 76.4 Å². The summed E-state index contributed by atoms with van der Waals surface area (Å²) in [4.78, 5) is 41.8. The first-order chi connectivity index (χ1) is 16.5. The van der Waals surface area contributed by atoms with E-state index in [4.69, 9.17) is 19.5 Å². The molecular formula is C24H31N5O5. The highest BCUT2D eigenvalue weighted by Crippen LogP contribution is 2.44. The molecule has 5 rings (SSSR count). The zero-order valence-electron chi connectivity index (χ0n) is 19.7. The first-order valence-electron chi connectivity index (χ1n) is 12.2. The molecule has 0 aliphatic heterocycles. The lowest BCUT2D eigenvalue weighted by Gasteiger charge is -2.19. The average molecular weight is 470 g/mol. The minimum Gasteiger partial charge on any atom is -0.443 e. The number of hydrogen-bond acceptors (Lipinski definition) is 8. The molecule has 3 fully saturated rings. The van der Waals surface area contributed by atoms with E-state index < -0.39 is 0 Å². The predicted molar refractivity (Wildman–Crippen MR) is 120 cm³/mol. The van der Waals surface area contributed by atoms with E-state index in [0.717, 1.165) is 57.1 Å². The Morgan fingerprint density at radius 2 is 1.85 bits per heavy atom. The zero-order chi connectivity index (χ0) is 23.7. The molecule has 0 N–H and O–H groups in total. The fourth-order valence-electron chi connectivity index (χ4n) is 4.39. The number of pyridine rings is 1. The van der Waals surface area contributed by atoms with Crippen LogP contribution in [0, 0.1) is 5.92 Å². The Labute approximate surface area is 198 Å². The number of carbonyl (C=O) groups excluding carboxylic acids is 2. The lowest BCUT2D eigenvalue weighted by Crippen LogP contribution is -2.29. The van der Waals surface area contributed by atoms with Crippen LogP contribution >= 0.6 is 0 Å². The summed E-state index contributed by atoms with van der Waals surface area (Å²) < 4.78 is 7.10. The Bertz CT molecular complexity index is 1060. The Morgan fingerprint density at radius 3 is 2.56 bits per heavy atom. The SMILES string of the molecule is CN(C(=O)OCc1c(-c2ccc(OOC(=O)C3CCCCC3)c(C3CC3)n2)nnn1C)C1CC1. The molecule has 2 aromatic rings. The van der Waals surface area contributed by atoms with Crippen molar-refractivity contribution in [2.75, 3.05) is 7.05 Å². The summed E-state index contributed by atoms with van der Waals surface area (Å²) in [7, 11) is 3.51. The van der Waals surface area contributed by atoms with Gasteiger partial charge in [-0.3, -0.25) is 9.78 Å². The molecular weight excluding hydrogens is 438 g/mol. The van der Waals surface area contributed by atoms with Crippen molar-refractivity contribution in [3.63, 3.8) is 0 Å². The van der Waals surface area contributed by atoms with E-state index in [1.807, 2.05) is 0 Å². The largest absolute Gasteiger partial charge is 0.443 e. The predicted octanol–water partition coefficient (Wildman–Crippen LogP) is 3.90. The maximum Gasteiger partial charge on any atom is 0.410 e. The fraction of sp³-hybridized carbons (Fsp3) is 0.625. The number of aromatic nitrogens is 4. The van der Waals surface area contributed by atoms with Crippen LogP contribution in [-0.2, 0) is 28.1 Å². The van der Waals surface area contributed by atoms with Gasteiger partial charge in [0.05, 0.1) is 17.3 Å². The van der Waals surface area contributed by atoms with Crippen LogP contribution < -0.4 is 4.89 Å². The minimum absolute atomic E-state index is 0.0480. The van der Waals surface area contributed by atoms with E-state index in [9.17, 15) is 9.59 Å². The number of aryl methyl sites for hydroxylation is 1. The van der Waals surface area contributed by atoms with Gasteiger partial charge in [-0.15, -0.1) is 5.10 Å². The van der Waals surface area contributed by atoms with Crippen LogP contribution in [0.2, 0.25) is 0 Å². The number of rotatable bonds is 8. The van der Waals surface area contributed by atoms with Gasteiger partial charge in [-0.25, -0.2) is 19.3 Å². The smallest absolute Gasteiger partial charge is 0.410 e. The standard InChI is InChI=1S/C24H31N5O5/c1-28(17-10-11-17)24(31)32-14-19-22(26-27-29(19)2)18-12-13-20(21(25-18)15-8-9-15)33-34-23(30)16-6-4-3-5-7-16/h12-13,15-17H,3-11,14H2,1-2H3. The van der Waals surface area contributed by atoms with Gasteiger partial charge < -0.3 is 9.64 Å². The molecule has 0 bridgehead atoms. The third-order valence-electron chi connectivity index (χ3n) is 6.90. The molecule has 34 heavy (non-hydrogen) atoms. The Hall–Kier alpha value is -3.17. The van der Waals surface area contributed by atoms with Crippen LogP contribution in [0.4, 0.5) is 4.79 Å². The summed E-state index contributed by atoms with van der Waals surface area (Å²) in [5.41, 5.74) is 2.57. The van der Waals surface area contributed by atoms with E-state index in [-0.39, 0.29) is 36.5 Å². The van der Waals surface area contributed by atoms with Crippen molar-refractivity contribution in [2.24, 2.45) is 13.0 Å². The molecule has 3 aliphatic carbocycles. The van der Waals surface area contributed by atoms with E-state index in [0.29, 0.717) is 22.8 Å². The molecule has 0 saturated heterocycles. The second-order valence-electron chi connectivity index (χ2n) is 9.58. The molecule has 0 unspecified atom stereocenters. The van der Waals surface area contributed by atoms with Crippen LogP contribution in [0.15, 0.2) is 12.1 Å².